The highest BCUT2D eigenvalue weighted by Crippen LogP contribution is 2.26. The predicted molar refractivity (Wildman–Crippen MR) is 62.2 cm³/mol. The lowest BCUT2D eigenvalue weighted by Gasteiger charge is -2.03. The van der Waals surface area contributed by atoms with Crippen LogP contribution in [-0.4, -0.2) is 9.97 Å². The molecule has 2 aromatic rings. The van der Waals surface area contributed by atoms with Crippen LogP contribution in [0.15, 0.2) is 30.5 Å². The van der Waals surface area contributed by atoms with Crippen molar-refractivity contribution in [3.8, 4) is 11.3 Å². The standard InChI is InChI=1S/C11H8Cl2N2/c1-7-4-5-14-9(6-7)8-2-3-10(12)15-11(8)13/h2-6H,1H3. The van der Waals surface area contributed by atoms with Crippen molar-refractivity contribution in [2.45, 2.75) is 6.92 Å². The SMILES string of the molecule is Cc1ccnc(-c2ccc(Cl)nc2Cl)c1. The molecule has 0 spiro atoms. The van der Waals surface area contributed by atoms with E-state index in [-0.39, 0.29) is 0 Å². The molecular formula is C11H8Cl2N2. The fraction of sp³-hybridized carbons (Fsp3) is 0.0909. The van der Waals surface area contributed by atoms with Crippen molar-refractivity contribution in [2.24, 2.45) is 0 Å². The van der Waals surface area contributed by atoms with Crippen LogP contribution in [0.3, 0.4) is 0 Å². The van der Waals surface area contributed by atoms with Gasteiger partial charge in [0.15, 0.2) is 0 Å². The molecule has 0 aliphatic carbocycles. The molecule has 2 heterocycles. The quantitative estimate of drug-likeness (QED) is 0.708. The third kappa shape index (κ3) is 2.28. The van der Waals surface area contributed by atoms with Gasteiger partial charge in [-0.3, -0.25) is 4.98 Å². The maximum Gasteiger partial charge on any atom is 0.140 e. The van der Waals surface area contributed by atoms with Crippen molar-refractivity contribution in [1.82, 2.24) is 9.97 Å². The summed E-state index contributed by atoms with van der Waals surface area (Å²) in [4.78, 5) is 8.20. The smallest absolute Gasteiger partial charge is 0.140 e. The van der Waals surface area contributed by atoms with Crippen LogP contribution in [0, 0.1) is 6.92 Å². The summed E-state index contributed by atoms with van der Waals surface area (Å²) in [6.45, 7) is 2.00. The summed E-state index contributed by atoms with van der Waals surface area (Å²) >= 11 is 11.7. The lowest BCUT2D eigenvalue weighted by atomic mass is 10.1. The number of hydrogen-bond acceptors (Lipinski definition) is 2. The van der Waals surface area contributed by atoms with Gasteiger partial charge in [0.2, 0.25) is 0 Å². The van der Waals surface area contributed by atoms with Crippen molar-refractivity contribution in [1.29, 1.82) is 0 Å². The molecule has 2 nitrogen and oxygen atoms in total. The highest BCUT2D eigenvalue weighted by molar-refractivity contribution is 6.34. The molecule has 0 saturated carbocycles. The Morgan fingerprint density at radius 2 is 1.93 bits per heavy atom. The van der Waals surface area contributed by atoms with Crippen molar-refractivity contribution < 1.29 is 0 Å². The first-order valence-electron chi connectivity index (χ1n) is 4.42. The van der Waals surface area contributed by atoms with Crippen LogP contribution in [0.2, 0.25) is 10.3 Å². The minimum absolute atomic E-state index is 0.376. The summed E-state index contributed by atoms with van der Waals surface area (Å²) in [7, 11) is 0. The minimum Gasteiger partial charge on any atom is -0.256 e. The molecule has 76 valence electrons. The Bertz CT molecular complexity index is 498. The first-order chi connectivity index (χ1) is 7.16. The van der Waals surface area contributed by atoms with Crippen molar-refractivity contribution in [3.05, 3.63) is 46.3 Å². The molecule has 0 aliphatic rings. The second kappa shape index (κ2) is 4.17. The number of aryl methyl sites for hydroxylation is 1. The molecule has 0 unspecified atom stereocenters. The summed E-state index contributed by atoms with van der Waals surface area (Å²) in [6, 6.07) is 7.41. The molecular weight excluding hydrogens is 231 g/mol. The average molecular weight is 239 g/mol. The summed E-state index contributed by atoms with van der Waals surface area (Å²) in [6.07, 6.45) is 1.75. The lowest BCUT2D eigenvalue weighted by molar-refractivity contribution is 1.26. The van der Waals surface area contributed by atoms with E-state index in [4.69, 9.17) is 23.2 Å². The van der Waals surface area contributed by atoms with E-state index in [9.17, 15) is 0 Å². The van der Waals surface area contributed by atoms with E-state index >= 15 is 0 Å². The van der Waals surface area contributed by atoms with Crippen LogP contribution in [0.4, 0.5) is 0 Å². The molecule has 2 rings (SSSR count). The molecule has 0 N–H and O–H groups in total. The Morgan fingerprint density at radius 3 is 2.60 bits per heavy atom. The Kier molecular flexibility index (Phi) is 2.89. The van der Waals surface area contributed by atoms with E-state index in [0.29, 0.717) is 10.3 Å². The van der Waals surface area contributed by atoms with E-state index in [2.05, 4.69) is 9.97 Å². The fourth-order valence-electron chi connectivity index (χ4n) is 1.29. The molecule has 0 radical (unpaired) electrons. The van der Waals surface area contributed by atoms with E-state index in [1.807, 2.05) is 25.1 Å². The molecule has 0 bridgehead atoms. The largest absolute Gasteiger partial charge is 0.256 e. The molecule has 0 atom stereocenters. The second-order valence-electron chi connectivity index (χ2n) is 3.19. The molecule has 0 saturated heterocycles. The van der Waals surface area contributed by atoms with Gasteiger partial charge in [-0.2, -0.15) is 0 Å². The zero-order valence-electron chi connectivity index (χ0n) is 8.04. The van der Waals surface area contributed by atoms with Crippen molar-refractivity contribution in [2.75, 3.05) is 0 Å². The third-order valence-corrected chi connectivity index (χ3v) is 2.50. The van der Waals surface area contributed by atoms with Gasteiger partial charge in [0.1, 0.15) is 10.3 Å². The summed E-state index contributed by atoms with van der Waals surface area (Å²) in [5.74, 6) is 0. The van der Waals surface area contributed by atoms with Crippen LogP contribution in [-0.2, 0) is 0 Å². The van der Waals surface area contributed by atoms with Gasteiger partial charge in [-0.15, -0.1) is 0 Å². The monoisotopic (exact) mass is 238 g/mol. The Balaban J connectivity index is 2.54. The molecule has 2 aromatic heterocycles. The zero-order valence-corrected chi connectivity index (χ0v) is 9.55. The van der Waals surface area contributed by atoms with Gasteiger partial charge in [0.25, 0.3) is 0 Å². The average Bonchev–Trinajstić information content (AvgIpc) is 2.17. The molecule has 0 fully saturated rings. The molecule has 0 amide bonds. The Hall–Kier alpha value is -1.12. The lowest BCUT2D eigenvalue weighted by Crippen LogP contribution is -1.87. The predicted octanol–water partition coefficient (Wildman–Crippen LogP) is 3.76. The van der Waals surface area contributed by atoms with Crippen molar-refractivity contribution in [3.63, 3.8) is 0 Å². The third-order valence-electron chi connectivity index (χ3n) is 2.01. The minimum atomic E-state index is 0.376. The number of hydrogen-bond donors (Lipinski definition) is 0. The van der Waals surface area contributed by atoms with Gasteiger partial charge in [-0.05, 0) is 36.8 Å². The van der Waals surface area contributed by atoms with E-state index in [1.54, 1.807) is 12.3 Å². The van der Waals surface area contributed by atoms with Gasteiger partial charge in [0, 0.05) is 11.8 Å². The Labute approximate surface area is 97.9 Å². The van der Waals surface area contributed by atoms with Crippen LogP contribution in [0.25, 0.3) is 11.3 Å². The number of aromatic nitrogens is 2. The van der Waals surface area contributed by atoms with Gasteiger partial charge >= 0.3 is 0 Å². The maximum atomic E-state index is 5.98. The van der Waals surface area contributed by atoms with Crippen LogP contribution < -0.4 is 0 Å². The van der Waals surface area contributed by atoms with Crippen LogP contribution in [0.1, 0.15) is 5.56 Å². The maximum absolute atomic E-state index is 5.98. The number of pyridine rings is 2. The fourth-order valence-corrected chi connectivity index (χ4v) is 1.73. The first kappa shape index (κ1) is 10.4. The van der Waals surface area contributed by atoms with E-state index < -0.39 is 0 Å². The highest BCUT2D eigenvalue weighted by atomic mass is 35.5. The summed E-state index contributed by atoms with van der Waals surface area (Å²) in [5, 5.41) is 0.761. The Morgan fingerprint density at radius 1 is 1.13 bits per heavy atom. The molecule has 0 aromatic carbocycles. The second-order valence-corrected chi connectivity index (χ2v) is 3.94. The van der Waals surface area contributed by atoms with Gasteiger partial charge < -0.3 is 0 Å². The van der Waals surface area contributed by atoms with Gasteiger partial charge in [-0.1, -0.05) is 23.2 Å². The molecule has 0 aliphatic heterocycles. The zero-order chi connectivity index (χ0) is 10.8. The highest BCUT2D eigenvalue weighted by Gasteiger charge is 2.06. The van der Waals surface area contributed by atoms with E-state index in [1.165, 1.54) is 0 Å². The van der Waals surface area contributed by atoms with Gasteiger partial charge in [0.05, 0.1) is 5.69 Å². The number of rotatable bonds is 1. The summed E-state index contributed by atoms with van der Waals surface area (Å²) in [5.41, 5.74) is 2.74. The summed E-state index contributed by atoms with van der Waals surface area (Å²) < 4.78 is 0. The van der Waals surface area contributed by atoms with Gasteiger partial charge in [-0.25, -0.2) is 4.98 Å². The normalized spacial score (nSPS) is 10.3. The first-order valence-corrected chi connectivity index (χ1v) is 5.17. The van der Waals surface area contributed by atoms with Crippen LogP contribution >= 0.6 is 23.2 Å². The molecule has 15 heavy (non-hydrogen) atoms. The number of halogens is 2. The van der Waals surface area contributed by atoms with Crippen molar-refractivity contribution >= 4 is 23.2 Å². The van der Waals surface area contributed by atoms with Crippen LogP contribution in [0.5, 0.6) is 0 Å². The molecule has 4 heteroatoms. The topological polar surface area (TPSA) is 25.8 Å². The van der Waals surface area contributed by atoms with E-state index in [0.717, 1.165) is 16.8 Å². The number of nitrogens with zero attached hydrogens (tertiary/aromatic N) is 2.